The zero-order valence-corrected chi connectivity index (χ0v) is 12.7. The van der Waals surface area contributed by atoms with Gasteiger partial charge in [-0.2, -0.15) is 4.31 Å². The predicted octanol–water partition coefficient (Wildman–Crippen LogP) is 1.60. The van der Waals surface area contributed by atoms with Crippen LogP contribution >= 0.6 is 11.3 Å². The maximum Gasteiger partial charge on any atom is 0.218 e. The average Bonchev–Trinajstić information content (AvgIpc) is 2.92. The fraction of sp³-hybridized carbons (Fsp3) is 0.308. The molecule has 2 rings (SSSR count). The molecule has 0 aliphatic carbocycles. The lowest BCUT2D eigenvalue weighted by Crippen LogP contribution is -2.27. The first-order valence-corrected chi connectivity index (χ1v) is 8.56. The molecule has 7 heteroatoms. The van der Waals surface area contributed by atoms with Gasteiger partial charge in [0.2, 0.25) is 10.0 Å². The standard InChI is InChI=1S/C13H16N2O3S2/c1-15(6-13-8-19-10-14-13)20(17,18)9-12-4-2-11(7-16)3-5-12/h2-5,8,10,16H,6-7,9H2,1H3. The summed E-state index contributed by atoms with van der Waals surface area (Å²) in [6, 6.07) is 6.90. The Morgan fingerprint density at radius 3 is 2.45 bits per heavy atom. The monoisotopic (exact) mass is 312 g/mol. The van der Waals surface area contributed by atoms with E-state index in [0.717, 1.165) is 11.3 Å². The van der Waals surface area contributed by atoms with Crippen LogP contribution in [0.5, 0.6) is 0 Å². The fourth-order valence-corrected chi connectivity index (χ4v) is 3.42. The molecule has 2 aromatic rings. The van der Waals surface area contributed by atoms with E-state index >= 15 is 0 Å². The van der Waals surface area contributed by atoms with Gasteiger partial charge >= 0.3 is 0 Å². The molecule has 0 fully saturated rings. The van der Waals surface area contributed by atoms with E-state index in [4.69, 9.17) is 5.11 Å². The molecule has 0 aliphatic rings. The predicted molar refractivity (Wildman–Crippen MR) is 78.6 cm³/mol. The Morgan fingerprint density at radius 1 is 1.25 bits per heavy atom. The van der Waals surface area contributed by atoms with Crippen molar-refractivity contribution in [3.05, 3.63) is 52.0 Å². The van der Waals surface area contributed by atoms with Crippen molar-refractivity contribution >= 4 is 21.4 Å². The van der Waals surface area contributed by atoms with Crippen LogP contribution in [0.15, 0.2) is 35.2 Å². The number of nitrogens with zero attached hydrogens (tertiary/aromatic N) is 2. The zero-order valence-electron chi connectivity index (χ0n) is 11.1. The molecule has 108 valence electrons. The minimum absolute atomic E-state index is 0.0449. The van der Waals surface area contributed by atoms with Crippen molar-refractivity contribution in [2.24, 2.45) is 0 Å². The molecule has 0 atom stereocenters. The molecule has 0 unspecified atom stereocenters. The first-order valence-electron chi connectivity index (χ1n) is 6.01. The molecule has 0 radical (unpaired) electrons. The molecule has 0 saturated carbocycles. The van der Waals surface area contributed by atoms with E-state index in [1.54, 1.807) is 36.8 Å². The third-order valence-electron chi connectivity index (χ3n) is 2.90. The number of aliphatic hydroxyl groups excluding tert-OH is 1. The average molecular weight is 312 g/mol. The van der Waals surface area contributed by atoms with Crippen molar-refractivity contribution in [1.82, 2.24) is 9.29 Å². The van der Waals surface area contributed by atoms with Crippen LogP contribution in [0.4, 0.5) is 0 Å². The van der Waals surface area contributed by atoms with Gasteiger partial charge in [0, 0.05) is 12.4 Å². The van der Waals surface area contributed by atoms with Crippen molar-refractivity contribution in [1.29, 1.82) is 0 Å². The number of hydrogen-bond donors (Lipinski definition) is 1. The van der Waals surface area contributed by atoms with E-state index in [2.05, 4.69) is 4.98 Å². The van der Waals surface area contributed by atoms with Gasteiger partial charge in [0.1, 0.15) is 0 Å². The number of sulfonamides is 1. The van der Waals surface area contributed by atoms with Gasteiger partial charge in [0.25, 0.3) is 0 Å². The zero-order chi connectivity index (χ0) is 14.6. The highest BCUT2D eigenvalue weighted by atomic mass is 32.2. The number of benzene rings is 1. The minimum atomic E-state index is -3.37. The van der Waals surface area contributed by atoms with Crippen molar-refractivity contribution in [2.75, 3.05) is 7.05 Å². The van der Waals surface area contributed by atoms with Crippen molar-refractivity contribution in [2.45, 2.75) is 18.9 Å². The summed E-state index contributed by atoms with van der Waals surface area (Å²) in [6.07, 6.45) is 0. The topological polar surface area (TPSA) is 70.5 Å². The van der Waals surface area contributed by atoms with E-state index in [-0.39, 0.29) is 18.9 Å². The van der Waals surface area contributed by atoms with Gasteiger partial charge in [-0.1, -0.05) is 24.3 Å². The van der Waals surface area contributed by atoms with Gasteiger partial charge < -0.3 is 5.11 Å². The normalized spacial score (nSPS) is 11.9. The van der Waals surface area contributed by atoms with Crippen molar-refractivity contribution < 1.29 is 13.5 Å². The lowest BCUT2D eigenvalue weighted by Gasteiger charge is -2.16. The second-order valence-corrected chi connectivity index (χ2v) is 7.26. The van der Waals surface area contributed by atoms with E-state index < -0.39 is 10.0 Å². The highest BCUT2D eigenvalue weighted by Crippen LogP contribution is 2.14. The number of aliphatic hydroxyl groups is 1. The van der Waals surface area contributed by atoms with Crippen molar-refractivity contribution in [3.63, 3.8) is 0 Å². The molecule has 0 amide bonds. The molecule has 20 heavy (non-hydrogen) atoms. The second kappa shape index (κ2) is 6.45. The molecular formula is C13H16N2O3S2. The van der Waals surface area contributed by atoms with Gasteiger partial charge in [-0.3, -0.25) is 0 Å². The van der Waals surface area contributed by atoms with Crippen LogP contribution in [0, 0.1) is 0 Å². The van der Waals surface area contributed by atoms with Gasteiger partial charge in [0.05, 0.1) is 30.1 Å². The van der Waals surface area contributed by atoms with Crippen LogP contribution in [-0.4, -0.2) is 29.9 Å². The van der Waals surface area contributed by atoms with Crippen LogP contribution in [0.1, 0.15) is 16.8 Å². The summed E-state index contributed by atoms with van der Waals surface area (Å²) in [5.74, 6) is -0.0562. The van der Waals surface area contributed by atoms with Crippen LogP contribution in [0.25, 0.3) is 0 Å². The molecule has 1 N–H and O–H groups in total. The lowest BCUT2D eigenvalue weighted by molar-refractivity contribution is 0.282. The van der Waals surface area contributed by atoms with Crippen LogP contribution in [0.3, 0.4) is 0 Å². The highest BCUT2D eigenvalue weighted by molar-refractivity contribution is 7.88. The number of rotatable bonds is 6. The fourth-order valence-electron chi connectivity index (χ4n) is 1.70. The van der Waals surface area contributed by atoms with Crippen LogP contribution in [0.2, 0.25) is 0 Å². The number of aromatic nitrogens is 1. The quantitative estimate of drug-likeness (QED) is 0.879. The van der Waals surface area contributed by atoms with E-state index in [9.17, 15) is 8.42 Å². The summed E-state index contributed by atoms with van der Waals surface area (Å²) in [7, 11) is -1.82. The Kier molecular flexibility index (Phi) is 4.87. The Balaban J connectivity index is 2.05. The smallest absolute Gasteiger partial charge is 0.218 e. The lowest BCUT2D eigenvalue weighted by atomic mass is 10.2. The summed E-state index contributed by atoms with van der Waals surface area (Å²) >= 11 is 1.44. The first-order chi connectivity index (χ1) is 9.51. The summed E-state index contributed by atoms with van der Waals surface area (Å²) in [5.41, 5.74) is 3.90. The number of thiazole rings is 1. The molecule has 0 bridgehead atoms. The molecule has 0 spiro atoms. The SMILES string of the molecule is CN(Cc1cscn1)S(=O)(=O)Cc1ccc(CO)cc1. The molecule has 1 aromatic carbocycles. The third kappa shape index (κ3) is 3.86. The summed E-state index contributed by atoms with van der Waals surface area (Å²) in [4.78, 5) is 4.08. The maximum atomic E-state index is 12.2. The van der Waals surface area contributed by atoms with E-state index in [1.807, 2.05) is 5.38 Å². The van der Waals surface area contributed by atoms with Gasteiger partial charge in [-0.05, 0) is 11.1 Å². The Hall–Kier alpha value is -1.28. The molecule has 1 aromatic heterocycles. The van der Waals surface area contributed by atoms with Crippen LogP contribution < -0.4 is 0 Å². The van der Waals surface area contributed by atoms with Gasteiger partial charge in [-0.15, -0.1) is 11.3 Å². The molecular weight excluding hydrogens is 296 g/mol. The summed E-state index contributed by atoms with van der Waals surface area (Å²) in [6.45, 7) is 0.233. The van der Waals surface area contributed by atoms with Gasteiger partial charge in [-0.25, -0.2) is 13.4 Å². The highest BCUT2D eigenvalue weighted by Gasteiger charge is 2.19. The van der Waals surface area contributed by atoms with Gasteiger partial charge in [0.15, 0.2) is 0 Å². The summed E-state index contributed by atoms with van der Waals surface area (Å²) in [5, 5.41) is 10.8. The Bertz CT molecular complexity index is 637. The second-order valence-electron chi connectivity index (χ2n) is 4.47. The largest absolute Gasteiger partial charge is 0.392 e. The summed E-state index contributed by atoms with van der Waals surface area (Å²) < 4.78 is 25.8. The molecule has 0 saturated heterocycles. The van der Waals surface area contributed by atoms with Crippen molar-refractivity contribution in [3.8, 4) is 0 Å². The molecule has 5 nitrogen and oxygen atoms in total. The first kappa shape index (κ1) is 15.1. The maximum absolute atomic E-state index is 12.2. The van der Waals surface area contributed by atoms with E-state index in [0.29, 0.717) is 5.56 Å². The minimum Gasteiger partial charge on any atom is -0.392 e. The van der Waals surface area contributed by atoms with Crippen LogP contribution in [-0.2, 0) is 28.9 Å². The number of hydrogen-bond acceptors (Lipinski definition) is 5. The third-order valence-corrected chi connectivity index (χ3v) is 5.31. The van der Waals surface area contributed by atoms with E-state index in [1.165, 1.54) is 15.6 Å². The Labute approximate surface area is 122 Å². The Morgan fingerprint density at radius 2 is 1.90 bits per heavy atom. The molecule has 0 aliphatic heterocycles. The molecule has 1 heterocycles.